The lowest BCUT2D eigenvalue weighted by Crippen LogP contribution is -2.21. The minimum absolute atomic E-state index is 0.172. The highest BCUT2D eigenvalue weighted by Gasteiger charge is 2.15. The van der Waals surface area contributed by atoms with Crippen molar-refractivity contribution in [2.45, 2.75) is 19.9 Å². The van der Waals surface area contributed by atoms with E-state index in [1.807, 2.05) is 30.6 Å². The van der Waals surface area contributed by atoms with Gasteiger partial charge in [-0.05, 0) is 31.2 Å². The van der Waals surface area contributed by atoms with E-state index in [2.05, 4.69) is 29.4 Å². The third-order valence-corrected chi connectivity index (χ3v) is 3.47. The van der Waals surface area contributed by atoms with Crippen LogP contribution in [0.4, 0.5) is 0 Å². The van der Waals surface area contributed by atoms with Gasteiger partial charge in [0.1, 0.15) is 10.8 Å². The zero-order valence-corrected chi connectivity index (χ0v) is 11.5. The summed E-state index contributed by atoms with van der Waals surface area (Å²) in [6.45, 7) is 5.71. The first-order valence-electron chi connectivity index (χ1n) is 6.20. The Bertz CT molecular complexity index is 453. The number of rotatable bonds is 6. The quantitative estimate of drug-likeness (QED) is 0.867. The van der Waals surface area contributed by atoms with Gasteiger partial charge in [-0.2, -0.15) is 0 Å². The molecule has 1 aromatic heterocycles. The predicted octanol–water partition coefficient (Wildman–Crippen LogP) is 3.24. The van der Waals surface area contributed by atoms with Crippen molar-refractivity contribution >= 4 is 11.3 Å². The summed E-state index contributed by atoms with van der Waals surface area (Å²) in [7, 11) is 0. The van der Waals surface area contributed by atoms with Crippen molar-refractivity contribution in [2.24, 2.45) is 0 Å². The van der Waals surface area contributed by atoms with E-state index in [1.165, 1.54) is 5.56 Å². The van der Waals surface area contributed by atoms with Crippen molar-refractivity contribution < 1.29 is 4.74 Å². The van der Waals surface area contributed by atoms with Crippen LogP contribution >= 0.6 is 11.3 Å². The summed E-state index contributed by atoms with van der Waals surface area (Å²) in [4.78, 5) is 4.40. The topological polar surface area (TPSA) is 34.1 Å². The van der Waals surface area contributed by atoms with Crippen LogP contribution < -0.4 is 10.1 Å². The number of benzene rings is 1. The summed E-state index contributed by atoms with van der Waals surface area (Å²) in [6.07, 6.45) is 1.85. The molecule has 3 nitrogen and oxygen atoms in total. The van der Waals surface area contributed by atoms with E-state index in [4.69, 9.17) is 4.74 Å². The largest absolute Gasteiger partial charge is 0.494 e. The van der Waals surface area contributed by atoms with Crippen LogP contribution in [0.25, 0.3) is 0 Å². The molecule has 0 aliphatic carbocycles. The van der Waals surface area contributed by atoms with Gasteiger partial charge < -0.3 is 10.1 Å². The molecule has 96 valence electrons. The Morgan fingerprint density at radius 3 is 2.61 bits per heavy atom. The molecule has 1 atom stereocenters. The molecular weight excluding hydrogens is 244 g/mol. The molecule has 4 heteroatoms. The van der Waals surface area contributed by atoms with Crippen LogP contribution in [0.3, 0.4) is 0 Å². The summed E-state index contributed by atoms with van der Waals surface area (Å²) >= 11 is 1.68. The van der Waals surface area contributed by atoms with Gasteiger partial charge in [0.2, 0.25) is 0 Å². The van der Waals surface area contributed by atoms with Gasteiger partial charge in [-0.3, -0.25) is 0 Å². The first-order chi connectivity index (χ1) is 8.85. The van der Waals surface area contributed by atoms with Crippen LogP contribution in [-0.4, -0.2) is 18.1 Å². The molecule has 0 radical (unpaired) electrons. The maximum Gasteiger partial charge on any atom is 0.119 e. The Hall–Kier alpha value is -1.39. The summed E-state index contributed by atoms with van der Waals surface area (Å²) < 4.78 is 5.46. The van der Waals surface area contributed by atoms with Gasteiger partial charge in [0.15, 0.2) is 0 Å². The van der Waals surface area contributed by atoms with E-state index < -0.39 is 0 Å². The van der Waals surface area contributed by atoms with Crippen LogP contribution in [0.2, 0.25) is 0 Å². The van der Waals surface area contributed by atoms with Gasteiger partial charge in [0.25, 0.3) is 0 Å². The number of thiazole rings is 1. The molecule has 0 fully saturated rings. The van der Waals surface area contributed by atoms with Gasteiger partial charge in [0, 0.05) is 11.6 Å². The van der Waals surface area contributed by atoms with Gasteiger partial charge in [0.05, 0.1) is 12.6 Å². The zero-order valence-electron chi connectivity index (χ0n) is 10.7. The highest BCUT2D eigenvalue weighted by Crippen LogP contribution is 2.25. The number of aromatic nitrogens is 1. The molecule has 1 aromatic carbocycles. The van der Waals surface area contributed by atoms with Gasteiger partial charge >= 0.3 is 0 Å². The fraction of sp³-hybridized carbons (Fsp3) is 0.357. The molecule has 2 rings (SSSR count). The van der Waals surface area contributed by atoms with Gasteiger partial charge in [-0.25, -0.2) is 4.98 Å². The van der Waals surface area contributed by atoms with E-state index in [1.54, 1.807) is 11.3 Å². The molecule has 1 N–H and O–H groups in total. The molecule has 1 unspecified atom stereocenters. The van der Waals surface area contributed by atoms with Crippen LogP contribution in [0.5, 0.6) is 5.75 Å². The second kappa shape index (κ2) is 6.52. The molecule has 0 aliphatic heterocycles. The fourth-order valence-corrected chi connectivity index (χ4v) is 2.59. The predicted molar refractivity (Wildman–Crippen MR) is 75.2 cm³/mol. The monoisotopic (exact) mass is 262 g/mol. The molecule has 0 saturated heterocycles. The highest BCUT2D eigenvalue weighted by molar-refractivity contribution is 7.09. The third-order valence-electron chi connectivity index (χ3n) is 2.63. The maximum absolute atomic E-state index is 5.46. The van der Waals surface area contributed by atoms with Crippen molar-refractivity contribution in [1.82, 2.24) is 10.3 Å². The minimum atomic E-state index is 0.172. The number of nitrogens with zero attached hydrogens (tertiary/aromatic N) is 1. The summed E-state index contributed by atoms with van der Waals surface area (Å²) in [5, 5.41) is 6.57. The Labute approximate surface area is 112 Å². The Morgan fingerprint density at radius 1 is 1.28 bits per heavy atom. The van der Waals surface area contributed by atoms with Crippen molar-refractivity contribution in [3.8, 4) is 5.75 Å². The van der Waals surface area contributed by atoms with Gasteiger partial charge in [-0.15, -0.1) is 11.3 Å². The number of hydrogen-bond donors (Lipinski definition) is 1. The summed E-state index contributed by atoms with van der Waals surface area (Å²) in [5.41, 5.74) is 1.22. The second-order valence-corrected chi connectivity index (χ2v) is 4.79. The molecular formula is C14H18N2OS. The van der Waals surface area contributed by atoms with Crippen LogP contribution in [0, 0.1) is 0 Å². The SMILES string of the molecule is CCNC(c1ccc(OCC)cc1)c1nccs1. The minimum Gasteiger partial charge on any atom is -0.494 e. The van der Waals surface area contributed by atoms with Crippen molar-refractivity contribution in [3.05, 3.63) is 46.4 Å². The van der Waals surface area contributed by atoms with Crippen molar-refractivity contribution in [3.63, 3.8) is 0 Å². The Balaban J connectivity index is 2.20. The summed E-state index contributed by atoms with van der Waals surface area (Å²) in [6, 6.07) is 8.39. The lowest BCUT2D eigenvalue weighted by atomic mass is 10.1. The lowest BCUT2D eigenvalue weighted by molar-refractivity contribution is 0.340. The van der Waals surface area contributed by atoms with Crippen molar-refractivity contribution in [2.75, 3.05) is 13.2 Å². The van der Waals surface area contributed by atoms with E-state index in [9.17, 15) is 0 Å². The maximum atomic E-state index is 5.46. The molecule has 0 aliphatic rings. The Morgan fingerprint density at radius 2 is 2.06 bits per heavy atom. The third kappa shape index (κ3) is 3.09. The van der Waals surface area contributed by atoms with E-state index in [0.29, 0.717) is 6.61 Å². The number of ether oxygens (including phenoxy) is 1. The number of hydrogen-bond acceptors (Lipinski definition) is 4. The molecule has 0 saturated carbocycles. The molecule has 18 heavy (non-hydrogen) atoms. The fourth-order valence-electron chi connectivity index (χ4n) is 1.85. The van der Waals surface area contributed by atoms with Gasteiger partial charge in [-0.1, -0.05) is 19.1 Å². The van der Waals surface area contributed by atoms with Crippen molar-refractivity contribution in [1.29, 1.82) is 0 Å². The average Bonchev–Trinajstić information content (AvgIpc) is 2.91. The molecule has 2 aromatic rings. The highest BCUT2D eigenvalue weighted by atomic mass is 32.1. The first kappa shape index (κ1) is 13.1. The normalized spacial score (nSPS) is 12.3. The number of nitrogens with one attached hydrogen (secondary N) is 1. The zero-order chi connectivity index (χ0) is 12.8. The molecule has 0 bridgehead atoms. The van der Waals surface area contributed by atoms with E-state index >= 15 is 0 Å². The van der Waals surface area contributed by atoms with E-state index in [-0.39, 0.29) is 6.04 Å². The van der Waals surface area contributed by atoms with Crippen LogP contribution in [0.1, 0.15) is 30.5 Å². The van der Waals surface area contributed by atoms with Crippen LogP contribution in [0.15, 0.2) is 35.8 Å². The second-order valence-electron chi connectivity index (χ2n) is 3.86. The van der Waals surface area contributed by atoms with E-state index in [0.717, 1.165) is 17.3 Å². The first-order valence-corrected chi connectivity index (χ1v) is 7.08. The Kier molecular flexibility index (Phi) is 4.73. The smallest absolute Gasteiger partial charge is 0.119 e. The standard InChI is InChI=1S/C14H18N2OS/c1-3-15-13(14-16-9-10-18-14)11-5-7-12(8-6-11)17-4-2/h5-10,13,15H,3-4H2,1-2H3. The lowest BCUT2D eigenvalue weighted by Gasteiger charge is -2.16. The average molecular weight is 262 g/mol. The summed E-state index contributed by atoms with van der Waals surface area (Å²) in [5.74, 6) is 0.913. The molecule has 0 spiro atoms. The molecule has 0 amide bonds. The molecule has 1 heterocycles. The van der Waals surface area contributed by atoms with Crippen LogP contribution in [-0.2, 0) is 0 Å².